The Balaban J connectivity index is 1.77. The van der Waals surface area contributed by atoms with Crippen molar-refractivity contribution >= 4 is 23.5 Å². The van der Waals surface area contributed by atoms with Crippen molar-refractivity contribution in [1.29, 1.82) is 0 Å². The van der Waals surface area contributed by atoms with E-state index in [2.05, 4.69) is 10.4 Å². The van der Waals surface area contributed by atoms with Crippen LogP contribution in [0.2, 0.25) is 0 Å². The zero-order valence-electron chi connectivity index (χ0n) is 14.0. The Bertz CT molecular complexity index is 1010. The Morgan fingerprint density at radius 2 is 1.85 bits per heavy atom. The molecule has 4 nitrogen and oxygen atoms in total. The molecule has 0 spiro atoms. The number of hydrogen-bond donors (Lipinski definition) is 1. The number of aromatic nitrogens is 2. The van der Waals surface area contributed by atoms with Gasteiger partial charge in [0.1, 0.15) is 5.82 Å². The zero-order valence-corrected chi connectivity index (χ0v) is 14.8. The van der Waals surface area contributed by atoms with Crippen LogP contribution in [0.4, 0.5) is 19.0 Å². The third-order valence-corrected chi connectivity index (χ3v) is 5.58. The molecule has 0 bridgehead atoms. The lowest BCUT2D eigenvalue weighted by Gasteiger charge is -2.15. The summed E-state index contributed by atoms with van der Waals surface area (Å²) in [6, 6.07) is 11.6. The molecule has 1 aliphatic rings. The number of thioether (sulfide) groups is 1. The van der Waals surface area contributed by atoms with Gasteiger partial charge in [0, 0.05) is 11.1 Å². The van der Waals surface area contributed by atoms with Gasteiger partial charge in [-0.15, -0.1) is 11.8 Å². The van der Waals surface area contributed by atoms with Crippen LogP contribution in [0.25, 0.3) is 0 Å². The molecule has 8 heteroatoms. The number of carbonyl (C=O) groups is 1. The van der Waals surface area contributed by atoms with Crippen LogP contribution in [0.15, 0.2) is 48.7 Å². The molecule has 0 fully saturated rings. The predicted molar refractivity (Wildman–Crippen MR) is 97.0 cm³/mol. The average molecular weight is 389 g/mol. The summed E-state index contributed by atoms with van der Waals surface area (Å²) in [5, 5.41) is 6.42. The number of nitrogens with one attached hydrogen (secondary N) is 1. The summed E-state index contributed by atoms with van der Waals surface area (Å²) in [5.41, 5.74) is 1.51. The lowest BCUT2D eigenvalue weighted by atomic mass is 10.1. The SMILES string of the molecule is O=C1CS[C@@H](c2ccc(F)c(F)c2F)c2cnn(Cc3ccccc3)c2N1. The molecule has 1 aromatic heterocycles. The zero-order chi connectivity index (χ0) is 19.0. The highest BCUT2D eigenvalue weighted by Gasteiger charge is 2.31. The van der Waals surface area contributed by atoms with E-state index in [1.165, 1.54) is 12.3 Å². The van der Waals surface area contributed by atoms with E-state index >= 15 is 0 Å². The normalized spacial score (nSPS) is 16.6. The molecule has 2 aromatic carbocycles. The molecule has 3 aromatic rings. The second kappa shape index (κ2) is 7.11. The first-order valence-electron chi connectivity index (χ1n) is 8.19. The van der Waals surface area contributed by atoms with Crippen LogP contribution in [-0.2, 0) is 11.3 Å². The van der Waals surface area contributed by atoms with E-state index in [-0.39, 0.29) is 17.2 Å². The molecule has 138 valence electrons. The van der Waals surface area contributed by atoms with Gasteiger partial charge in [-0.2, -0.15) is 5.10 Å². The Kier molecular flexibility index (Phi) is 4.65. The highest BCUT2D eigenvalue weighted by molar-refractivity contribution is 8.00. The topological polar surface area (TPSA) is 46.9 Å². The van der Waals surface area contributed by atoms with E-state index in [0.29, 0.717) is 17.9 Å². The van der Waals surface area contributed by atoms with Gasteiger partial charge in [-0.3, -0.25) is 4.79 Å². The van der Waals surface area contributed by atoms with E-state index in [1.807, 2.05) is 30.3 Å². The molecular weight excluding hydrogens is 375 g/mol. The minimum Gasteiger partial charge on any atom is -0.310 e. The molecule has 27 heavy (non-hydrogen) atoms. The van der Waals surface area contributed by atoms with Gasteiger partial charge in [-0.25, -0.2) is 17.9 Å². The fraction of sp³-hybridized carbons (Fsp3) is 0.158. The summed E-state index contributed by atoms with van der Waals surface area (Å²) in [6.07, 6.45) is 1.53. The Morgan fingerprint density at radius 3 is 2.63 bits per heavy atom. The van der Waals surface area contributed by atoms with E-state index < -0.39 is 22.7 Å². The minimum absolute atomic E-state index is 0.0177. The molecule has 1 atom stereocenters. The highest BCUT2D eigenvalue weighted by Crippen LogP contribution is 2.42. The molecule has 1 N–H and O–H groups in total. The third kappa shape index (κ3) is 3.32. The van der Waals surface area contributed by atoms with Crippen LogP contribution in [0.3, 0.4) is 0 Å². The lowest BCUT2D eigenvalue weighted by Crippen LogP contribution is -2.16. The molecule has 0 unspecified atom stereocenters. The molecule has 1 amide bonds. The van der Waals surface area contributed by atoms with Gasteiger partial charge in [-0.05, 0) is 11.6 Å². The minimum atomic E-state index is -1.52. The summed E-state index contributed by atoms with van der Waals surface area (Å²) in [6.45, 7) is 0.411. The fourth-order valence-corrected chi connectivity index (χ4v) is 4.13. The van der Waals surface area contributed by atoms with Crippen molar-refractivity contribution in [2.24, 2.45) is 0 Å². The monoisotopic (exact) mass is 389 g/mol. The summed E-state index contributed by atoms with van der Waals surface area (Å²) in [5.74, 6) is -3.78. The second-order valence-corrected chi connectivity index (χ2v) is 7.19. The second-order valence-electron chi connectivity index (χ2n) is 6.10. The maximum absolute atomic E-state index is 14.4. The van der Waals surface area contributed by atoms with E-state index in [1.54, 1.807) is 4.68 Å². The van der Waals surface area contributed by atoms with Crippen LogP contribution in [-0.4, -0.2) is 21.4 Å². The summed E-state index contributed by atoms with van der Waals surface area (Å²) in [7, 11) is 0. The van der Waals surface area contributed by atoms with Crippen molar-refractivity contribution in [3.63, 3.8) is 0 Å². The van der Waals surface area contributed by atoms with E-state index in [0.717, 1.165) is 23.4 Å². The Hall–Kier alpha value is -2.74. The largest absolute Gasteiger partial charge is 0.310 e. The number of rotatable bonds is 3. The van der Waals surface area contributed by atoms with Crippen LogP contribution in [0.5, 0.6) is 0 Å². The van der Waals surface area contributed by atoms with Crippen molar-refractivity contribution in [3.05, 3.63) is 82.8 Å². The maximum atomic E-state index is 14.4. The fourth-order valence-electron chi connectivity index (χ4n) is 3.02. The van der Waals surface area contributed by atoms with Gasteiger partial charge in [0.25, 0.3) is 0 Å². The van der Waals surface area contributed by atoms with Crippen LogP contribution >= 0.6 is 11.8 Å². The van der Waals surface area contributed by atoms with Gasteiger partial charge < -0.3 is 5.32 Å². The van der Waals surface area contributed by atoms with Crippen LogP contribution in [0, 0.1) is 17.5 Å². The van der Waals surface area contributed by atoms with Crippen LogP contribution in [0.1, 0.15) is 21.9 Å². The predicted octanol–water partition coefficient (Wildman–Crippen LogP) is 4.12. The van der Waals surface area contributed by atoms with E-state index in [9.17, 15) is 18.0 Å². The van der Waals surface area contributed by atoms with Crippen LogP contribution < -0.4 is 5.32 Å². The van der Waals surface area contributed by atoms with Crippen molar-refractivity contribution < 1.29 is 18.0 Å². The third-order valence-electron chi connectivity index (χ3n) is 4.31. The summed E-state index contributed by atoms with van der Waals surface area (Å²) in [4.78, 5) is 12.1. The molecule has 4 rings (SSSR count). The Labute approximate surface area is 157 Å². The van der Waals surface area contributed by atoms with Crippen molar-refractivity contribution in [3.8, 4) is 0 Å². The molecule has 1 aliphatic heterocycles. The standard InChI is InChI=1S/C19H14F3N3OS/c20-14-7-6-12(16(21)17(14)22)18-13-8-23-25(9-11-4-2-1-3-5-11)19(13)24-15(26)10-27-18/h1-8,18H,9-10H2,(H,24,26)/t18-/m0/s1. The van der Waals surface area contributed by atoms with Gasteiger partial charge in [0.05, 0.1) is 23.7 Å². The van der Waals surface area contributed by atoms with Crippen molar-refractivity contribution in [1.82, 2.24) is 9.78 Å². The summed E-state index contributed by atoms with van der Waals surface area (Å²) < 4.78 is 43.0. The molecule has 0 aliphatic carbocycles. The average Bonchev–Trinajstić information content (AvgIpc) is 2.96. The molecule has 0 saturated carbocycles. The van der Waals surface area contributed by atoms with Crippen molar-refractivity contribution in [2.45, 2.75) is 11.8 Å². The first kappa shape index (κ1) is 17.7. The van der Waals surface area contributed by atoms with Gasteiger partial charge in [-0.1, -0.05) is 36.4 Å². The highest BCUT2D eigenvalue weighted by atomic mass is 32.2. The number of hydrogen-bond acceptors (Lipinski definition) is 3. The number of fused-ring (bicyclic) bond motifs is 1. The van der Waals surface area contributed by atoms with Gasteiger partial charge >= 0.3 is 0 Å². The lowest BCUT2D eigenvalue weighted by molar-refractivity contribution is -0.113. The number of benzene rings is 2. The maximum Gasteiger partial charge on any atom is 0.235 e. The number of halogens is 3. The summed E-state index contributed by atoms with van der Waals surface area (Å²) >= 11 is 1.14. The number of anilines is 1. The number of amides is 1. The van der Waals surface area contributed by atoms with Gasteiger partial charge in [0.15, 0.2) is 17.5 Å². The molecule has 0 saturated heterocycles. The quantitative estimate of drug-likeness (QED) is 0.686. The number of nitrogens with zero attached hydrogens (tertiary/aromatic N) is 2. The Morgan fingerprint density at radius 1 is 1.07 bits per heavy atom. The molecule has 0 radical (unpaired) electrons. The molecule has 2 heterocycles. The first-order chi connectivity index (χ1) is 13.0. The van der Waals surface area contributed by atoms with Gasteiger partial charge in [0.2, 0.25) is 5.91 Å². The van der Waals surface area contributed by atoms with Crippen molar-refractivity contribution in [2.75, 3.05) is 11.1 Å². The van der Waals surface area contributed by atoms with E-state index in [4.69, 9.17) is 0 Å². The number of carbonyl (C=O) groups excluding carboxylic acids is 1. The molecular formula is C19H14F3N3OS. The smallest absolute Gasteiger partial charge is 0.235 e. The first-order valence-corrected chi connectivity index (χ1v) is 9.24.